The number of ether oxygens (including phenoxy) is 1. The average molecular weight is 438 g/mol. The van der Waals surface area contributed by atoms with Gasteiger partial charge >= 0.3 is 6.03 Å². The Morgan fingerprint density at radius 1 is 1.06 bits per heavy atom. The second-order valence-corrected chi connectivity index (χ2v) is 8.03. The van der Waals surface area contributed by atoms with Crippen LogP contribution in [-0.4, -0.2) is 72.6 Å². The van der Waals surface area contributed by atoms with Crippen molar-refractivity contribution in [3.05, 3.63) is 54.1 Å². The van der Waals surface area contributed by atoms with Gasteiger partial charge in [0.2, 0.25) is 5.91 Å². The molecular weight excluding hydrogens is 412 g/mol. The van der Waals surface area contributed by atoms with Crippen molar-refractivity contribution in [2.75, 3.05) is 44.7 Å². The molecule has 2 N–H and O–H groups in total. The highest BCUT2D eigenvalue weighted by atomic mass is 16.5. The van der Waals surface area contributed by atoms with Gasteiger partial charge in [-0.3, -0.25) is 14.5 Å². The number of anilines is 1. The number of nitrogens with zero attached hydrogens (tertiary/aromatic N) is 3. The van der Waals surface area contributed by atoms with E-state index in [1.165, 1.54) is 0 Å². The van der Waals surface area contributed by atoms with Gasteiger partial charge in [-0.1, -0.05) is 24.3 Å². The minimum Gasteiger partial charge on any atom is -0.506 e. The Bertz CT molecular complexity index is 1030. The third-order valence-corrected chi connectivity index (χ3v) is 6.09. The first-order valence-electron chi connectivity index (χ1n) is 10.4. The Morgan fingerprint density at radius 2 is 1.72 bits per heavy atom. The SMILES string of the molecule is COc1ccc(C2(C)NC(=O)N(CC(=O)N3CCN(c4ccccc4O)CC3)C2=O)cc1. The normalized spacial score (nSPS) is 21.0. The van der Waals surface area contributed by atoms with Crippen molar-refractivity contribution in [2.45, 2.75) is 12.5 Å². The number of amides is 4. The van der Waals surface area contributed by atoms with Crippen LogP contribution in [0.2, 0.25) is 0 Å². The van der Waals surface area contributed by atoms with Crippen LogP contribution in [0.15, 0.2) is 48.5 Å². The van der Waals surface area contributed by atoms with Gasteiger partial charge < -0.3 is 25.0 Å². The topological polar surface area (TPSA) is 102 Å². The van der Waals surface area contributed by atoms with Crippen LogP contribution < -0.4 is 15.0 Å². The Hall–Kier alpha value is -3.75. The summed E-state index contributed by atoms with van der Waals surface area (Å²) in [6, 6.07) is 13.4. The molecule has 2 aromatic rings. The first-order chi connectivity index (χ1) is 15.3. The number of piperazine rings is 1. The average Bonchev–Trinajstić information content (AvgIpc) is 3.03. The van der Waals surface area contributed by atoms with E-state index in [4.69, 9.17) is 4.74 Å². The maximum Gasteiger partial charge on any atom is 0.325 e. The molecule has 0 aliphatic carbocycles. The fraction of sp³-hybridized carbons (Fsp3) is 0.348. The lowest BCUT2D eigenvalue weighted by Gasteiger charge is -2.36. The third kappa shape index (κ3) is 3.81. The number of para-hydroxylation sites is 2. The van der Waals surface area contributed by atoms with Gasteiger partial charge in [0.1, 0.15) is 23.6 Å². The standard InChI is InChI=1S/C23H26N4O5/c1-23(16-7-9-17(32-2)10-8-16)21(30)27(22(31)24-23)15-20(29)26-13-11-25(12-14-26)18-5-3-4-6-19(18)28/h3-10,28H,11-15H2,1-2H3,(H,24,31). The lowest BCUT2D eigenvalue weighted by molar-refractivity contribution is -0.139. The number of phenols is 1. The summed E-state index contributed by atoms with van der Waals surface area (Å²) in [6.07, 6.45) is 0. The number of nitrogens with one attached hydrogen (secondary N) is 1. The lowest BCUT2D eigenvalue weighted by atomic mass is 9.92. The summed E-state index contributed by atoms with van der Waals surface area (Å²) in [5, 5.41) is 12.8. The zero-order valence-corrected chi connectivity index (χ0v) is 18.1. The van der Waals surface area contributed by atoms with Crippen LogP contribution in [0.5, 0.6) is 11.5 Å². The number of imide groups is 1. The number of methoxy groups -OCH3 is 1. The molecule has 1 atom stereocenters. The van der Waals surface area contributed by atoms with Crippen LogP contribution in [0.4, 0.5) is 10.5 Å². The molecule has 4 amide bonds. The molecule has 32 heavy (non-hydrogen) atoms. The van der Waals surface area contributed by atoms with E-state index >= 15 is 0 Å². The van der Waals surface area contributed by atoms with E-state index in [9.17, 15) is 19.5 Å². The number of rotatable bonds is 5. The van der Waals surface area contributed by atoms with E-state index in [1.54, 1.807) is 55.3 Å². The van der Waals surface area contributed by atoms with Crippen LogP contribution in [0.1, 0.15) is 12.5 Å². The summed E-state index contributed by atoms with van der Waals surface area (Å²) in [5.41, 5.74) is 0.0968. The molecule has 2 aliphatic heterocycles. The highest BCUT2D eigenvalue weighted by Crippen LogP contribution is 2.30. The molecule has 0 bridgehead atoms. The lowest BCUT2D eigenvalue weighted by Crippen LogP contribution is -2.52. The zero-order valence-electron chi connectivity index (χ0n) is 18.1. The van der Waals surface area contributed by atoms with E-state index in [0.29, 0.717) is 37.5 Å². The van der Waals surface area contributed by atoms with E-state index in [-0.39, 0.29) is 18.2 Å². The predicted molar refractivity (Wildman–Crippen MR) is 117 cm³/mol. The second-order valence-electron chi connectivity index (χ2n) is 8.03. The minimum absolute atomic E-state index is 0.199. The molecule has 0 aromatic heterocycles. The van der Waals surface area contributed by atoms with Crippen molar-refractivity contribution >= 4 is 23.5 Å². The van der Waals surface area contributed by atoms with Crippen molar-refractivity contribution in [2.24, 2.45) is 0 Å². The Labute approximate surface area is 186 Å². The number of benzene rings is 2. The molecule has 2 saturated heterocycles. The maximum atomic E-state index is 13.1. The Morgan fingerprint density at radius 3 is 2.34 bits per heavy atom. The van der Waals surface area contributed by atoms with Crippen LogP contribution in [0.3, 0.4) is 0 Å². The van der Waals surface area contributed by atoms with Crippen LogP contribution in [-0.2, 0) is 15.1 Å². The number of aromatic hydroxyl groups is 1. The molecular formula is C23H26N4O5. The van der Waals surface area contributed by atoms with Gasteiger partial charge in [-0.25, -0.2) is 4.79 Å². The van der Waals surface area contributed by atoms with Gasteiger partial charge in [0, 0.05) is 26.2 Å². The molecule has 2 aromatic carbocycles. The third-order valence-electron chi connectivity index (χ3n) is 6.09. The number of hydrogen-bond acceptors (Lipinski definition) is 6. The van der Waals surface area contributed by atoms with Gasteiger partial charge in [-0.05, 0) is 36.8 Å². The van der Waals surface area contributed by atoms with E-state index < -0.39 is 17.5 Å². The van der Waals surface area contributed by atoms with Crippen molar-refractivity contribution in [3.63, 3.8) is 0 Å². The van der Waals surface area contributed by atoms with Gasteiger partial charge in [0.05, 0.1) is 12.8 Å². The smallest absolute Gasteiger partial charge is 0.325 e. The quantitative estimate of drug-likeness (QED) is 0.687. The molecule has 0 spiro atoms. The molecule has 2 aliphatic rings. The number of urea groups is 1. The molecule has 1 unspecified atom stereocenters. The molecule has 2 fully saturated rings. The van der Waals surface area contributed by atoms with Gasteiger partial charge in [0.15, 0.2) is 0 Å². The van der Waals surface area contributed by atoms with E-state index in [2.05, 4.69) is 5.32 Å². The predicted octanol–water partition coefficient (Wildman–Crippen LogP) is 1.52. The van der Waals surface area contributed by atoms with Crippen molar-refractivity contribution < 1.29 is 24.2 Å². The highest BCUT2D eigenvalue weighted by molar-refractivity contribution is 6.09. The summed E-state index contributed by atoms with van der Waals surface area (Å²) < 4.78 is 5.15. The van der Waals surface area contributed by atoms with Crippen LogP contribution in [0.25, 0.3) is 0 Å². The molecule has 9 heteroatoms. The molecule has 2 heterocycles. The second kappa shape index (κ2) is 8.41. The highest BCUT2D eigenvalue weighted by Gasteiger charge is 2.49. The van der Waals surface area contributed by atoms with Crippen molar-refractivity contribution in [1.29, 1.82) is 0 Å². The molecule has 0 radical (unpaired) electrons. The van der Waals surface area contributed by atoms with Crippen LogP contribution in [0, 0.1) is 0 Å². The first-order valence-corrected chi connectivity index (χ1v) is 10.4. The summed E-state index contributed by atoms with van der Waals surface area (Å²) in [6.45, 7) is 3.29. The fourth-order valence-corrected chi connectivity index (χ4v) is 4.12. The van der Waals surface area contributed by atoms with Gasteiger partial charge in [-0.15, -0.1) is 0 Å². The van der Waals surface area contributed by atoms with Crippen LogP contribution >= 0.6 is 0 Å². The number of phenolic OH excluding ortho intramolecular Hbond substituents is 1. The van der Waals surface area contributed by atoms with Crippen molar-refractivity contribution in [1.82, 2.24) is 15.1 Å². The minimum atomic E-state index is -1.24. The Kier molecular flexibility index (Phi) is 5.65. The molecule has 9 nitrogen and oxygen atoms in total. The molecule has 4 rings (SSSR count). The maximum absolute atomic E-state index is 13.1. The molecule has 168 valence electrons. The fourth-order valence-electron chi connectivity index (χ4n) is 4.12. The van der Waals surface area contributed by atoms with Gasteiger partial charge in [-0.2, -0.15) is 0 Å². The van der Waals surface area contributed by atoms with Gasteiger partial charge in [0.25, 0.3) is 5.91 Å². The van der Waals surface area contributed by atoms with E-state index in [0.717, 1.165) is 10.6 Å². The summed E-state index contributed by atoms with van der Waals surface area (Å²) in [5.74, 6) is 0.0897. The summed E-state index contributed by atoms with van der Waals surface area (Å²) in [4.78, 5) is 43.1. The monoisotopic (exact) mass is 438 g/mol. The number of hydrogen-bond donors (Lipinski definition) is 2. The first kappa shape index (κ1) is 21.5. The van der Waals surface area contributed by atoms with E-state index in [1.807, 2.05) is 17.0 Å². The summed E-state index contributed by atoms with van der Waals surface area (Å²) >= 11 is 0. The largest absolute Gasteiger partial charge is 0.506 e. The van der Waals surface area contributed by atoms with Crippen molar-refractivity contribution in [3.8, 4) is 11.5 Å². The Balaban J connectivity index is 1.39. The molecule has 0 saturated carbocycles. The number of carbonyl (C=O) groups is 3. The number of carbonyl (C=O) groups excluding carboxylic acids is 3. The zero-order chi connectivity index (χ0) is 22.9. The summed E-state index contributed by atoms with van der Waals surface area (Å²) in [7, 11) is 1.55.